The van der Waals surface area contributed by atoms with Crippen LogP contribution in [0, 0.1) is 6.92 Å². The maximum Gasteiger partial charge on any atom is 0.303 e. The number of carboxylic acid groups (broad SMARTS) is 1. The van der Waals surface area contributed by atoms with Gasteiger partial charge in [-0.2, -0.15) is 5.10 Å². The van der Waals surface area contributed by atoms with Crippen LogP contribution in [0.1, 0.15) is 17.5 Å². The van der Waals surface area contributed by atoms with Gasteiger partial charge in [-0.3, -0.25) is 9.48 Å². The molecule has 0 fully saturated rings. The summed E-state index contributed by atoms with van der Waals surface area (Å²) in [6, 6.07) is 10.2. The van der Waals surface area contributed by atoms with E-state index in [4.69, 9.17) is 9.84 Å². The highest BCUT2D eigenvalue weighted by atomic mass is 16.5. The Bertz CT molecular complexity index is 912. The summed E-state index contributed by atoms with van der Waals surface area (Å²) in [4.78, 5) is 10.9. The Balaban J connectivity index is 2.09. The van der Waals surface area contributed by atoms with Gasteiger partial charge in [0.25, 0.3) is 0 Å². The molecule has 0 radical (unpaired) electrons. The summed E-state index contributed by atoms with van der Waals surface area (Å²) in [6.07, 6.45) is 2.46. The fourth-order valence-corrected chi connectivity index (χ4v) is 2.96. The molecule has 1 heterocycles. The molecule has 5 heteroatoms. The average molecular weight is 324 g/mol. The summed E-state index contributed by atoms with van der Waals surface area (Å²) in [5.41, 5.74) is 5.13. The second kappa shape index (κ2) is 6.35. The van der Waals surface area contributed by atoms with Crippen LogP contribution in [0.3, 0.4) is 0 Å². The van der Waals surface area contributed by atoms with Gasteiger partial charge in [0.05, 0.1) is 18.8 Å². The summed E-state index contributed by atoms with van der Waals surface area (Å²) in [5, 5.41) is 14.3. The van der Waals surface area contributed by atoms with Crippen molar-refractivity contribution < 1.29 is 14.6 Å². The molecule has 3 aromatic rings. The van der Waals surface area contributed by atoms with Crippen LogP contribution in [-0.2, 0) is 18.3 Å². The van der Waals surface area contributed by atoms with E-state index in [9.17, 15) is 4.79 Å². The summed E-state index contributed by atoms with van der Waals surface area (Å²) < 4.78 is 7.38. The largest absolute Gasteiger partial charge is 0.496 e. The van der Waals surface area contributed by atoms with Crippen molar-refractivity contribution in [2.45, 2.75) is 19.8 Å². The predicted octanol–water partition coefficient (Wildman–Crippen LogP) is 3.57. The van der Waals surface area contributed by atoms with Crippen LogP contribution in [0.15, 0.2) is 36.5 Å². The molecule has 0 aliphatic rings. The number of methoxy groups -OCH3 is 1. The number of rotatable bonds is 5. The van der Waals surface area contributed by atoms with E-state index in [1.807, 2.05) is 49.1 Å². The van der Waals surface area contributed by atoms with E-state index in [1.54, 1.807) is 7.11 Å². The molecule has 1 aromatic heterocycles. The second-order valence-corrected chi connectivity index (χ2v) is 5.91. The molecule has 5 nitrogen and oxygen atoms in total. The van der Waals surface area contributed by atoms with Gasteiger partial charge in [0.1, 0.15) is 5.75 Å². The number of fused-ring (bicyclic) bond motifs is 1. The van der Waals surface area contributed by atoms with Gasteiger partial charge in [0.15, 0.2) is 0 Å². The highest BCUT2D eigenvalue weighted by Crippen LogP contribution is 2.34. The van der Waals surface area contributed by atoms with Crippen LogP contribution in [-0.4, -0.2) is 28.0 Å². The zero-order chi connectivity index (χ0) is 17.3. The number of aromatic nitrogens is 2. The van der Waals surface area contributed by atoms with Gasteiger partial charge in [0.2, 0.25) is 0 Å². The molecule has 24 heavy (non-hydrogen) atoms. The van der Waals surface area contributed by atoms with E-state index in [-0.39, 0.29) is 6.42 Å². The first kappa shape index (κ1) is 16.1. The Labute approximate surface area is 140 Å². The first-order valence-corrected chi connectivity index (χ1v) is 7.81. The number of carboxylic acids is 1. The topological polar surface area (TPSA) is 64.3 Å². The molecule has 0 unspecified atom stereocenters. The number of aliphatic carboxylic acids is 1. The van der Waals surface area contributed by atoms with Gasteiger partial charge >= 0.3 is 5.97 Å². The normalized spacial score (nSPS) is 11.0. The molecule has 0 spiro atoms. The minimum Gasteiger partial charge on any atom is -0.496 e. The van der Waals surface area contributed by atoms with Gasteiger partial charge < -0.3 is 9.84 Å². The van der Waals surface area contributed by atoms with Crippen molar-refractivity contribution in [1.82, 2.24) is 9.78 Å². The second-order valence-electron chi connectivity index (χ2n) is 5.91. The highest BCUT2D eigenvalue weighted by molar-refractivity contribution is 5.86. The molecular weight excluding hydrogens is 304 g/mol. The van der Waals surface area contributed by atoms with Gasteiger partial charge in [-0.25, -0.2) is 0 Å². The van der Waals surface area contributed by atoms with Crippen molar-refractivity contribution in [3.8, 4) is 16.9 Å². The standard InChI is InChI=1S/C19H20N2O3/c1-12-8-18(24-3)16(10-13(12)5-7-19(22)23)14-4-6-17-15(9-14)11-20-21(17)2/h4,6,8-11H,5,7H2,1-3H3,(H,22,23). The molecule has 0 aliphatic heterocycles. The van der Waals surface area contributed by atoms with Crippen molar-refractivity contribution in [2.24, 2.45) is 7.05 Å². The fourth-order valence-electron chi connectivity index (χ4n) is 2.96. The molecule has 0 bridgehead atoms. The Kier molecular flexibility index (Phi) is 4.25. The number of hydrogen-bond donors (Lipinski definition) is 1. The molecule has 3 rings (SSSR count). The molecule has 124 valence electrons. The lowest BCUT2D eigenvalue weighted by Gasteiger charge is -2.14. The van der Waals surface area contributed by atoms with Crippen LogP contribution in [0.4, 0.5) is 0 Å². The third kappa shape index (κ3) is 2.97. The van der Waals surface area contributed by atoms with Crippen LogP contribution in [0.5, 0.6) is 5.75 Å². The molecule has 0 saturated heterocycles. The Morgan fingerprint density at radius 3 is 2.79 bits per heavy atom. The van der Waals surface area contributed by atoms with E-state index in [0.717, 1.165) is 38.9 Å². The third-order valence-corrected chi connectivity index (χ3v) is 4.32. The Morgan fingerprint density at radius 2 is 2.08 bits per heavy atom. The number of nitrogens with zero attached hydrogens (tertiary/aromatic N) is 2. The monoisotopic (exact) mass is 324 g/mol. The lowest BCUT2D eigenvalue weighted by molar-refractivity contribution is -0.136. The van der Waals surface area contributed by atoms with E-state index in [1.165, 1.54) is 0 Å². The maximum absolute atomic E-state index is 10.9. The highest BCUT2D eigenvalue weighted by Gasteiger charge is 2.12. The van der Waals surface area contributed by atoms with Gasteiger partial charge in [-0.1, -0.05) is 6.07 Å². The van der Waals surface area contributed by atoms with E-state index in [2.05, 4.69) is 11.2 Å². The van der Waals surface area contributed by atoms with Crippen molar-refractivity contribution in [2.75, 3.05) is 7.11 Å². The van der Waals surface area contributed by atoms with Crippen LogP contribution < -0.4 is 4.74 Å². The summed E-state index contributed by atoms with van der Waals surface area (Å²) in [6.45, 7) is 1.98. The summed E-state index contributed by atoms with van der Waals surface area (Å²) in [7, 11) is 3.57. The molecule has 2 aromatic carbocycles. The molecule has 1 N–H and O–H groups in total. The number of carbonyl (C=O) groups is 1. The fraction of sp³-hybridized carbons (Fsp3) is 0.263. The minimum atomic E-state index is -0.788. The minimum absolute atomic E-state index is 0.119. The Morgan fingerprint density at radius 1 is 1.29 bits per heavy atom. The van der Waals surface area contributed by atoms with Crippen LogP contribution in [0.2, 0.25) is 0 Å². The maximum atomic E-state index is 10.9. The first-order chi connectivity index (χ1) is 11.5. The zero-order valence-corrected chi connectivity index (χ0v) is 14.0. The van der Waals surface area contributed by atoms with E-state index in [0.29, 0.717) is 6.42 Å². The molecule has 0 amide bonds. The molecule has 0 aliphatic carbocycles. The summed E-state index contributed by atoms with van der Waals surface area (Å²) >= 11 is 0. The van der Waals surface area contributed by atoms with Crippen LogP contribution >= 0.6 is 0 Å². The molecule has 0 atom stereocenters. The SMILES string of the molecule is COc1cc(C)c(CCC(=O)O)cc1-c1ccc2c(cnn2C)c1. The summed E-state index contributed by atoms with van der Waals surface area (Å²) in [5.74, 6) is -0.00152. The number of aryl methyl sites for hydroxylation is 3. The van der Waals surface area contributed by atoms with Crippen molar-refractivity contribution in [1.29, 1.82) is 0 Å². The van der Waals surface area contributed by atoms with Gasteiger partial charge in [-0.15, -0.1) is 0 Å². The smallest absolute Gasteiger partial charge is 0.303 e. The van der Waals surface area contributed by atoms with Gasteiger partial charge in [-0.05, 0) is 54.3 Å². The zero-order valence-electron chi connectivity index (χ0n) is 14.0. The van der Waals surface area contributed by atoms with Crippen molar-refractivity contribution in [3.63, 3.8) is 0 Å². The molecule has 0 saturated carbocycles. The quantitative estimate of drug-likeness (QED) is 0.779. The Hall–Kier alpha value is -2.82. The molecular formula is C19H20N2O3. The predicted molar refractivity (Wildman–Crippen MR) is 93.4 cm³/mol. The average Bonchev–Trinajstić information content (AvgIpc) is 2.93. The number of benzene rings is 2. The third-order valence-electron chi connectivity index (χ3n) is 4.32. The van der Waals surface area contributed by atoms with E-state index >= 15 is 0 Å². The number of hydrogen-bond acceptors (Lipinski definition) is 3. The van der Waals surface area contributed by atoms with Crippen molar-refractivity contribution in [3.05, 3.63) is 47.7 Å². The first-order valence-electron chi connectivity index (χ1n) is 7.81. The van der Waals surface area contributed by atoms with Crippen LogP contribution in [0.25, 0.3) is 22.0 Å². The van der Waals surface area contributed by atoms with E-state index < -0.39 is 5.97 Å². The van der Waals surface area contributed by atoms with Crippen molar-refractivity contribution >= 4 is 16.9 Å². The van der Waals surface area contributed by atoms with Gasteiger partial charge in [0, 0.05) is 24.4 Å². The lowest BCUT2D eigenvalue weighted by atomic mass is 9.95. The number of ether oxygens (including phenoxy) is 1. The lowest BCUT2D eigenvalue weighted by Crippen LogP contribution is -2.00.